The van der Waals surface area contributed by atoms with Gasteiger partial charge in [-0.3, -0.25) is 9.88 Å². The maximum absolute atomic E-state index is 6.62. The van der Waals surface area contributed by atoms with Gasteiger partial charge in [0.15, 0.2) is 8.07 Å². The first kappa shape index (κ1) is 27.2. The van der Waals surface area contributed by atoms with E-state index in [2.05, 4.69) is 151 Å². The molecular formula is C42H30N4OSi. The molecule has 10 rings (SSSR count). The summed E-state index contributed by atoms with van der Waals surface area (Å²) in [6.07, 6.45) is 3.86. The molecule has 0 amide bonds. The Labute approximate surface area is 279 Å². The molecule has 0 fully saturated rings. The van der Waals surface area contributed by atoms with E-state index in [1.165, 1.54) is 31.9 Å². The number of rotatable bonds is 2. The van der Waals surface area contributed by atoms with Gasteiger partial charge in [-0.1, -0.05) is 90.0 Å². The minimum absolute atomic E-state index is 0.880. The van der Waals surface area contributed by atoms with Crippen molar-refractivity contribution in [1.82, 2.24) is 14.5 Å². The van der Waals surface area contributed by atoms with Gasteiger partial charge in [0.25, 0.3) is 0 Å². The predicted octanol–water partition coefficient (Wildman–Crippen LogP) is 7.46. The molecule has 0 atom stereocenters. The number of hydrogen-bond donors (Lipinski definition) is 0. The van der Waals surface area contributed by atoms with Gasteiger partial charge in [-0.05, 0) is 89.2 Å². The minimum Gasteiger partial charge on any atom is -0.458 e. The number of para-hydroxylation sites is 3. The summed E-state index contributed by atoms with van der Waals surface area (Å²) >= 11 is 0. The average Bonchev–Trinajstić information content (AvgIpc) is 3.46. The molecule has 0 saturated carbocycles. The number of hydrogen-bond acceptors (Lipinski definition) is 4. The van der Waals surface area contributed by atoms with E-state index in [1.807, 2.05) is 18.5 Å². The third-order valence-corrected chi connectivity index (χ3v) is 14.9. The quantitative estimate of drug-likeness (QED) is 0.185. The van der Waals surface area contributed by atoms with Crippen LogP contribution < -0.4 is 30.4 Å². The molecule has 0 aliphatic carbocycles. The Bertz CT molecular complexity index is 2440. The van der Waals surface area contributed by atoms with E-state index in [-0.39, 0.29) is 0 Å². The lowest BCUT2D eigenvalue weighted by Crippen LogP contribution is -2.78. The Morgan fingerprint density at radius 2 is 1.19 bits per heavy atom. The lowest BCUT2D eigenvalue weighted by molar-refractivity contribution is 0.487. The summed E-state index contributed by atoms with van der Waals surface area (Å²) in [4.78, 5) is 12.3. The van der Waals surface area contributed by atoms with Gasteiger partial charge >= 0.3 is 0 Å². The summed E-state index contributed by atoms with van der Waals surface area (Å²) < 4.78 is 8.88. The molecule has 8 aromatic rings. The van der Waals surface area contributed by atoms with Gasteiger partial charge in [0, 0.05) is 23.0 Å². The Kier molecular flexibility index (Phi) is 5.66. The Balaban J connectivity index is 1.23. The average molecular weight is 635 g/mol. The molecule has 48 heavy (non-hydrogen) atoms. The lowest BCUT2D eigenvalue weighted by atomic mass is 10.1. The second-order valence-corrected chi connectivity index (χ2v) is 16.5. The lowest BCUT2D eigenvalue weighted by Gasteiger charge is -2.47. The van der Waals surface area contributed by atoms with Crippen LogP contribution in [0.1, 0.15) is 11.1 Å². The van der Waals surface area contributed by atoms with Crippen LogP contribution in [-0.2, 0) is 0 Å². The fourth-order valence-corrected chi connectivity index (χ4v) is 13.6. The van der Waals surface area contributed by atoms with Crippen LogP contribution in [0.5, 0.6) is 11.5 Å². The molecule has 0 unspecified atom stereocenters. The van der Waals surface area contributed by atoms with Crippen molar-refractivity contribution in [2.45, 2.75) is 13.8 Å². The summed E-state index contributed by atoms with van der Waals surface area (Å²) in [5.74, 6) is 2.77. The monoisotopic (exact) mass is 634 g/mol. The van der Waals surface area contributed by atoms with Gasteiger partial charge in [-0.15, -0.1) is 0 Å². The fraction of sp³-hybridized carbons (Fsp3) is 0.0476. The topological polar surface area (TPSA) is 43.2 Å². The van der Waals surface area contributed by atoms with E-state index in [1.54, 1.807) is 0 Å². The Morgan fingerprint density at radius 1 is 0.562 bits per heavy atom. The number of nitrogens with zero attached hydrogens (tertiary/aromatic N) is 4. The van der Waals surface area contributed by atoms with Crippen LogP contribution in [0.25, 0.3) is 27.6 Å². The van der Waals surface area contributed by atoms with Gasteiger partial charge in [0.1, 0.15) is 17.3 Å². The Morgan fingerprint density at radius 3 is 1.85 bits per heavy atom. The van der Waals surface area contributed by atoms with Crippen molar-refractivity contribution in [3.63, 3.8) is 0 Å². The third kappa shape index (κ3) is 3.60. The van der Waals surface area contributed by atoms with Crippen LogP contribution in [-0.4, -0.2) is 22.6 Å². The summed E-state index contributed by atoms with van der Waals surface area (Å²) in [5.41, 5.74) is 8.98. The zero-order valence-corrected chi connectivity index (χ0v) is 27.6. The second-order valence-electron chi connectivity index (χ2n) is 12.8. The molecule has 0 bridgehead atoms. The summed E-state index contributed by atoms with van der Waals surface area (Å²) in [6.45, 7) is 4.40. The molecule has 5 heterocycles. The number of aryl methyl sites for hydroxylation is 2. The van der Waals surface area contributed by atoms with Gasteiger partial charge in [0.05, 0.1) is 28.4 Å². The van der Waals surface area contributed by atoms with Crippen molar-refractivity contribution in [2.24, 2.45) is 0 Å². The number of benzene rings is 5. The highest BCUT2D eigenvalue weighted by atomic mass is 28.3. The molecule has 6 heteroatoms. The normalized spacial score (nSPS) is 13.9. The van der Waals surface area contributed by atoms with Crippen LogP contribution in [0, 0.1) is 13.8 Å². The highest BCUT2D eigenvalue weighted by Crippen LogP contribution is 2.41. The third-order valence-electron chi connectivity index (χ3n) is 10.0. The van der Waals surface area contributed by atoms with Crippen molar-refractivity contribution in [2.75, 3.05) is 4.90 Å². The largest absolute Gasteiger partial charge is 0.458 e. The van der Waals surface area contributed by atoms with E-state index in [0.717, 1.165) is 56.3 Å². The smallest absolute Gasteiger partial charge is 0.192 e. The zero-order chi connectivity index (χ0) is 32.0. The number of anilines is 3. The highest BCUT2D eigenvalue weighted by Gasteiger charge is 2.53. The van der Waals surface area contributed by atoms with Gasteiger partial charge in [0.2, 0.25) is 0 Å². The molecule has 2 aliphatic rings. The SMILES string of the molecule is Cc1ccc2c(c1)[Si]1(c3ccccc3Oc3ccccc31)c1cc(C)ccc1N2c1ccc(-n2c3ccccc3c3ncccc32)cn1. The molecule has 5 nitrogen and oxygen atoms in total. The predicted molar refractivity (Wildman–Crippen MR) is 198 cm³/mol. The minimum atomic E-state index is -2.81. The number of ether oxygens (including phenoxy) is 1. The van der Waals surface area contributed by atoms with E-state index in [9.17, 15) is 0 Å². The number of fused-ring (bicyclic) bond motifs is 11. The second kappa shape index (κ2) is 10.0. The van der Waals surface area contributed by atoms with Crippen LogP contribution >= 0.6 is 0 Å². The van der Waals surface area contributed by atoms with Crippen molar-refractivity contribution >= 4 is 67.9 Å². The summed E-state index contributed by atoms with van der Waals surface area (Å²) in [6, 6.07) is 48.1. The molecule has 5 aromatic carbocycles. The molecule has 0 N–H and O–H groups in total. The first-order valence-electron chi connectivity index (χ1n) is 16.3. The van der Waals surface area contributed by atoms with Crippen LogP contribution in [0.2, 0.25) is 0 Å². The van der Waals surface area contributed by atoms with Crippen molar-refractivity contribution < 1.29 is 4.74 Å². The molecule has 3 aromatic heterocycles. The number of aromatic nitrogens is 3. The first-order valence-corrected chi connectivity index (χ1v) is 18.3. The van der Waals surface area contributed by atoms with Crippen molar-refractivity contribution in [1.29, 1.82) is 0 Å². The summed E-state index contributed by atoms with van der Waals surface area (Å²) in [5, 5.41) is 6.40. The van der Waals surface area contributed by atoms with Gasteiger partial charge < -0.3 is 9.30 Å². The maximum Gasteiger partial charge on any atom is 0.192 e. The summed E-state index contributed by atoms with van der Waals surface area (Å²) in [7, 11) is -2.81. The van der Waals surface area contributed by atoms with Crippen molar-refractivity contribution in [3.8, 4) is 17.2 Å². The number of pyridine rings is 2. The van der Waals surface area contributed by atoms with Gasteiger partial charge in [-0.2, -0.15) is 0 Å². The molecule has 228 valence electrons. The van der Waals surface area contributed by atoms with E-state index in [4.69, 9.17) is 14.7 Å². The highest BCUT2D eigenvalue weighted by molar-refractivity contribution is 7.22. The molecule has 0 saturated heterocycles. The Hall–Kier alpha value is -5.98. The van der Waals surface area contributed by atoms with Gasteiger partial charge in [-0.25, -0.2) is 4.98 Å². The van der Waals surface area contributed by atoms with E-state index < -0.39 is 8.07 Å². The first-order chi connectivity index (χ1) is 23.6. The van der Waals surface area contributed by atoms with Crippen LogP contribution in [0.4, 0.5) is 17.2 Å². The molecule has 2 aliphatic heterocycles. The zero-order valence-electron chi connectivity index (χ0n) is 26.6. The maximum atomic E-state index is 6.62. The molecule has 1 spiro atoms. The standard InChI is InChI=1S/C42H30N4OSi/c1-27-17-20-32-39(24-27)48(37-15-7-5-13-35(37)47-36-14-6-8-16-38(36)48)40-25-28(2)18-21-33(40)46(32)41-22-19-29(26-44-41)45-31-11-4-3-10-30(31)42-34(45)12-9-23-43-42/h3-26H,1-2H3. The van der Waals surface area contributed by atoms with E-state index in [0.29, 0.717) is 0 Å². The van der Waals surface area contributed by atoms with Crippen LogP contribution in [0.15, 0.2) is 146 Å². The van der Waals surface area contributed by atoms with Crippen LogP contribution in [0.3, 0.4) is 0 Å². The van der Waals surface area contributed by atoms with Crippen molar-refractivity contribution in [3.05, 3.63) is 157 Å². The molecular weight excluding hydrogens is 605 g/mol. The molecule has 0 radical (unpaired) electrons. The fourth-order valence-electron chi connectivity index (χ4n) is 8.09. The van der Waals surface area contributed by atoms with E-state index >= 15 is 0 Å².